The van der Waals surface area contributed by atoms with Crippen LogP contribution >= 0.6 is 0 Å². The Balaban J connectivity index is 2.75. The normalized spacial score (nSPS) is 12.7. The molecule has 0 heterocycles. The summed E-state index contributed by atoms with van der Waals surface area (Å²) >= 11 is 0. The first-order valence-electron chi connectivity index (χ1n) is 15.2. The molecule has 0 fully saturated rings. The Labute approximate surface area is 273 Å². The van der Waals surface area contributed by atoms with Gasteiger partial charge in [-0.25, -0.2) is 22.7 Å². The molecule has 0 saturated carbocycles. The van der Waals surface area contributed by atoms with Gasteiger partial charge in [-0.05, 0) is 98.0 Å². The van der Waals surface area contributed by atoms with Crippen LogP contribution in [0.4, 0.5) is 9.59 Å². The highest BCUT2D eigenvalue weighted by atomic mass is 32.2. The number of benzene rings is 1. The number of guanidine groups is 1. The van der Waals surface area contributed by atoms with Crippen LogP contribution in [-0.2, 0) is 40.3 Å². The smallest absolute Gasteiger partial charge is 0.414 e. The summed E-state index contributed by atoms with van der Waals surface area (Å²) in [4.78, 5) is 42.4. The molecule has 0 spiro atoms. The number of esters is 1. The third-order valence-corrected chi connectivity index (χ3v) is 6.66. The molecule has 0 bridgehead atoms. The van der Waals surface area contributed by atoms with Gasteiger partial charge in [0, 0.05) is 6.42 Å². The molecule has 0 aliphatic rings. The largest absolute Gasteiger partial charge is 0.493 e. The van der Waals surface area contributed by atoms with Crippen molar-refractivity contribution in [3.63, 3.8) is 0 Å². The molecule has 0 aromatic heterocycles. The maximum atomic E-state index is 12.8. The Morgan fingerprint density at radius 1 is 0.783 bits per heavy atom. The summed E-state index contributed by atoms with van der Waals surface area (Å²) < 4.78 is 49.1. The Morgan fingerprint density at radius 3 is 1.78 bits per heavy atom. The quantitative estimate of drug-likeness (QED) is 0.0623. The lowest BCUT2D eigenvalue weighted by molar-refractivity contribution is -0.156. The number of alkyl carbamates (subject to hydrolysis) is 2. The van der Waals surface area contributed by atoms with Crippen LogP contribution in [0.3, 0.4) is 0 Å². The molecule has 0 saturated heterocycles. The molecule has 0 aliphatic carbocycles. The molecule has 3 N–H and O–H groups in total. The molecular formula is C31H52N4O10S. The zero-order chi connectivity index (χ0) is 35.2. The number of carbonyl (C=O) groups is 3. The van der Waals surface area contributed by atoms with Gasteiger partial charge in [-0.15, -0.1) is 0 Å². The summed E-state index contributed by atoms with van der Waals surface area (Å²) in [6, 6.07) is 5.82. The number of rotatable bonds is 14. The van der Waals surface area contributed by atoms with Crippen LogP contribution in [-0.4, -0.2) is 74.3 Å². The number of hydrogen-bond donors (Lipinski definition) is 3. The molecule has 262 valence electrons. The molecule has 1 aromatic carbocycles. The highest BCUT2D eigenvalue weighted by Gasteiger charge is 2.29. The molecule has 1 aromatic rings. The average molecular weight is 673 g/mol. The predicted octanol–water partition coefficient (Wildman–Crippen LogP) is 4.76. The monoisotopic (exact) mass is 672 g/mol. The molecule has 0 radical (unpaired) electrons. The molecule has 1 atom stereocenters. The topological polar surface area (TPSA) is 180 Å². The van der Waals surface area contributed by atoms with E-state index in [4.69, 9.17) is 23.8 Å². The second-order valence-electron chi connectivity index (χ2n) is 13.5. The molecule has 15 heteroatoms. The van der Waals surface area contributed by atoms with Crippen LogP contribution in [0.25, 0.3) is 0 Å². The van der Waals surface area contributed by atoms with Gasteiger partial charge < -0.3 is 23.8 Å². The van der Waals surface area contributed by atoms with Crippen LogP contribution in [0.1, 0.15) is 94.1 Å². The van der Waals surface area contributed by atoms with Crippen molar-refractivity contribution in [2.75, 3.05) is 19.0 Å². The third-order valence-electron chi connectivity index (χ3n) is 5.19. The van der Waals surface area contributed by atoms with Crippen molar-refractivity contribution in [3.8, 4) is 5.75 Å². The molecule has 46 heavy (non-hydrogen) atoms. The standard InChI is InChI=1S/C31H52N4O10S/c1-11-12-20-46(39,40)35-24(25(36)43-29(2,3)4)21-22-14-16-23(17-15-22)41-18-13-19-42-34-26(32-27(37)44-30(5,6)7)33-28(38)45-31(8,9)10/h14-17,24,35H,11-13,18-21H2,1-10H3,(H2,32,33,34,37,38). The van der Waals surface area contributed by atoms with Crippen molar-refractivity contribution < 1.29 is 46.6 Å². The summed E-state index contributed by atoms with van der Waals surface area (Å²) in [5, 5.41) is 8.41. The van der Waals surface area contributed by atoms with E-state index in [9.17, 15) is 22.8 Å². The van der Waals surface area contributed by atoms with Gasteiger partial charge in [0.1, 0.15) is 35.2 Å². The van der Waals surface area contributed by atoms with Gasteiger partial charge in [-0.3, -0.25) is 15.4 Å². The van der Waals surface area contributed by atoms with Crippen molar-refractivity contribution in [3.05, 3.63) is 29.8 Å². The Bertz CT molecular complexity index is 1230. The number of nitrogens with zero attached hydrogens (tertiary/aromatic N) is 1. The summed E-state index contributed by atoms with van der Waals surface area (Å²) in [6.45, 7) is 17.5. The average Bonchev–Trinajstić information content (AvgIpc) is 2.86. The minimum Gasteiger partial charge on any atom is -0.493 e. The zero-order valence-electron chi connectivity index (χ0n) is 28.8. The fourth-order valence-electron chi connectivity index (χ4n) is 3.41. The third kappa shape index (κ3) is 19.7. The minimum absolute atomic E-state index is 0.0770. The van der Waals surface area contributed by atoms with Crippen molar-refractivity contribution in [2.24, 2.45) is 5.16 Å². The molecule has 1 unspecified atom stereocenters. The number of oxime groups is 1. The number of carbonyl (C=O) groups excluding carboxylic acids is 3. The second-order valence-corrected chi connectivity index (χ2v) is 15.3. The number of amides is 2. The van der Waals surface area contributed by atoms with Crippen LogP contribution in [0.5, 0.6) is 5.75 Å². The molecule has 14 nitrogen and oxygen atoms in total. The maximum Gasteiger partial charge on any atom is 0.414 e. The van der Waals surface area contributed by atoms with Crippen molar-refractivity contribution in [1.29, 1.82) is 0 Å². The molecule has 1 rings (SSSR count). The molecule has 0 aliphatic heterocycles. The molecule has 2 amide bonds. The van der Waals surface area contributed by atoms with Gasteiger partial charge in [0.05, 0.1) is 12.4 Å². The minimum atomic E-state index is -3.67. The zero-order valence-corrected chi connectivity index (χ0v) is 29.6. The van der Waals surface area contributed by atoms with E-state index in [1.807, 2.05) is 6.92 Å². The number of ether oxygens (including phenoxy) is 4. The van der Waals surface area contributed by atoms with E-state index in [2.05, 4.69) is 20.5 Å². The molecular weight excluding hydrogens is 620 g/mol. The van der Waals surface area contributed by atoms with E-state index in [1.54, 1.807) is 86.6 Å². The maximum absolute atomic E-state index is 12.8. The van der Waals surface area contributed by atoms with Crippen molar-refractivity contribution >= 4 is 34.1 Å². The highest BCUT2D eigenvalue weighted by Crippen LogP contribution is 2.17. The van der Waals surface area contributed by atoms with Crippen LogP contribution in [0, 0.1) is 0 Å². The van der Waals surface area contributed by atoms with Gasteiger partial charge in [0.15, 0.2) is 0 Å². The van der Waals surface area contributed by atoms with Gasteiger partial charge in [-0.1, -0.05) is 25.5 Å². The number of sulfonamides is 1. The van der Waals surface area contributed by atoms with E-state index < -0.39 is 51.0 Å². The van der Waals surface area contributed by atoms with Crippen LogP contribution in [0.2, 0.25) is 0 Å². The number of unbranched alkanes of at least 4 members (excludes halogenated alkanes) is 1. The van der Waals surface area contributed by atoms with Gasteiger partial charge in [0.2, 0.25) is 10.0 Å². The lowest BCUT2D eigenvalue weighted by atomic mass is 10.1. The Morgan fingerprint density at radius 2 is 1.30 bits per heavy atom. The second kappa shape index (κ2) is 17.9. The van der Waals surface area contributed by atoms with Gasteiger partial charge in [0.25, 0.3) is 5.96 Å². The van der Waals surface area contributed by atoms with Crippen molar-refractivity contribution in [1.82, 2.24) is 15.4 Å². The summed E-state index contributed by atoms with van der Waals surface area (Å²) in [5.41, 5.74) is -1.62. The first kappa shape index (κ1) is 40.4. The number of hydrogen-bond acceptors (Lipinski definition) is 11. The summed E-state index contributed by atoms with van der Waals surface area (Å²) in [6.07, 6.45) is -0.00209. The van der Waals surface area contributed by atoms with Crippen LogP contribution in [0.15, 0.2) is 29.4 Å². The Hall–Kier alpha value is -3.59. The Kier molecular flexibility index (Phi) is 15.8. The van der Waals surface area contributed by atoms with Gasteiger partial charge >= 0.3 is 18.2 Å². The lowest BCUT2D eigenvalue weighted by Crippen LogP contribution is -2.47. The van der Waals surface area contributed by atoms with Crippen LogP contribution < -0.4 is 20.1 Å². The summed E-state index contributed by atoms with van der Waals surface area (Å²) in [7, 11) is -3.67. The first-order valence-corrected chi connectivity index (χ1v) is 16.9. The SMILES string of the molecule is CCCCS(=O)(=O)NC(Cc1ccc(OCCCON=C(NC(=O)OC(C)(C)C)NC(=O)OC(C)(C)C)cc1)C(=O)OC(C)(C)C. The van der Waals surface area contributed by atoms with E-state index in [0.717, 1.165) is 0 Å². The van der Waals surface area contributed by atoms with E-state index >= 15 is 0 Å². The van der Waals surface area contributed by atoms with E-state index in [1.165, 1.54) is 0 Å². The van der Waals surface area contributed by atoms with Crippen molar-refractivity contribution in [2.45, 2.75) is 118 Å². The van der Waals surface area contributed by atoms with Gasteiger partial charge in [-0.2, -0.15) is 0 Å². The fourth-order valence-corrected chi connectivity index (χ4v) is 4.81. The first-order chi connectivity index (χ1) is 21.1. The highest BCUT2D eigenvalue weighted by molar-refractivity contribution is 7.89. The number of nitrogens with one attached hydrogen (secondary N) is 3. The fraction of sp³-hybridized carbons (Fsp3) is 0.677. The van der Waals surface area contributed by atoms with E-state index in [0.29, 0.717) is 30.6 Å². The summed E-state index contributed by atoms with van der Waals surface area (Å²) in [5.74, 6) is -0.492. The van der Waals surface area contributed by atoms with E-state index in [-0.39, 0.29) is 31.3 Å². The lowest BCUT2D eigenvalue weighted by Gasteiger charge is -2.24. The predicted molar refractivity (Wildman–Crippen MR) is 174 cm³/mol.